The quantitative estimate of drug-likeness (QED) is 0.343. The van der Waals surface area contributed by atoms with Crippen molar-refractivity contribution in [3.05, 3.63) is 36.7 Å². The van der Waals surface area contributed by atoms with E-state index in [0.717, 1.165) is 0 Å². The molecular formula is C20H25N6O7P. The molecule has 1 unspecified atom stereocenters. The lowest BCUT2D eigenvalue weighted by atomic mass is 10.1. The van der Waals surface area contributed by atoms with Gasteiger partial charge in [0.2, 0.25) is 0 Å². The number of nitrogen functional groups attached to an aromatic ring is 1. The van der Waals surface area contributed by atoms with Gasteiger partial charge in [0, 0.05) is 18.7 Å². The second-order valence-corrected chi connectivity index (χ2v) is 9.81. The van der Waals surface area contributed by atoms with Gasteiger partial charge in [-0.05, 0) is 0 Å². The molecule has 34 heavy (non-hydrogen) atoms. The van der Waals surface area contributed by atoms with Gasteiger partial charge in [0.05, 0.1) is 19.8 Å². The number of imidazole rings is 1. The Hall–Kier alpha value is -2.48. The fraction of sp³-hybridized carbons (Fsp3) is 0.450. The predicted molar refractivity (Wildman–Crippen MR) is 119 cm³/mol. The molecule has 5 N–H and O–H groups in total. The lowest BCUT2D eigenvalue weighted by Gasteiger charge is -2.30. The van der Waals surface area contributed by atoms with E-state index in [-0.39, 0.29) is 18.9 Å². The topological polar surface area (TPSA) is 178 Å². The number of aromatic nitrogens is 4. The van der Waals surface area contributed by atoms with Crippen LogP contribution in [0.25, 0.3) is 22.6 Å². The maximum Gasteiger partial charge on any atom is 0.405 e. The largest absolute Gasteiger partial charge is 0.405 e. The minimum atomic E-state index is -4.13. The van der Waals surface area contributed by atoms with Crippen LogP contribution >= 0.6 is 7.75 Å². The number of ether oxygens (including phenoxy) is 2. The molecule has 0 spiro atoms. The highest BCUT2D eigenvalue weighted by atomic mass is 31.2. The zero-order valence-electron chi connectivity index (χ0n) is 18.0. The summed E-state index contributed by atoms with van der Waals surface area (Å²) in [5.74, 6) is 0.558. The number of morpholine rings is 1. The third-order valence-electron chi connectivity index (χ3n) is 5.88. The van der Waals surface area contributed by atoms with Gasteiger partial charge in [-0.3, -0.25) is 9.09 Å². The summed E-state index contributed by atoms with van der Waals surface area (Å²) in [4.78, 5) is 23.1. The minimum Gasteiger partial charge on any atom is -0.387 e. The van der Waals surface area contributed by atoms with Gasteiger partial charge in [0.15, 0.2) is 23.2 Å². The van der Waals surface area contributed by atoms with Gasteiger partial charge >= 0.3 is 7.75 Å². The van der Waals surface area contributed by atoms with E-state index in [0.29, 0.717) is 35.8 Å². The molecule has 2 fully saturated rings. The van der Waals surface area contributed by atoms with Crippen LogP contribution in [0, 0.1) is 0 Å². The Morgan fingerprint density at radius 1 is 1.15 bits per heavy atom. The van der Waals surface area contributed by atoms with Crippen molar-refractivity contribution in [3.63, 3.8) is 0 Å². The van der Waals surface area contributed by atoms with Crippen LogP contribution in [-0.2, 0) is 18.6 Å². The van der Waals surface area contributed by atoms with Crippen molar-refractivity contribution in [2.75, 3.05) is 38.6 Å². The van der Waals surface area contributed by atoms with Crippen LogP contribution < -0.4 is 5.73 Å². The molecule has 14 heteroatoms. The second-order valence-electron chi connectivity index (χ2n) is 8.00. The third-order valence-corrected chi connectivity index (χ3v) is 7.48. The first-order chi connectivity index (χ1) is 16.4. The Balaban J connectivity index is 1.44. The maximum atomic E-state index is 12.6. The van der Waals surface area contributed by atoms with Crippen molar-refractivity contribution in [2.45, 2.75) is 24.5 Å². The number of fused-ring (bicyclic) bond motifs is 1. The lowest BCUT2D eigenvalue weighted by molar-refractivity contribution is -0.0499. The smallest absolute Gasteiger partial charge is 0.387 e. The second kappa shape index (κ2) is 9.29. The highest BCUT2D eigenvalue weighted by Crippen LogP contribution is 2.47. The molecule has 5 rings (SSSR count). The fourth-order valence-corrected chi connectivity index (χ4v) is 5.27. The van der Waals surface area contributed by atoms with E-state index >= 15 is 0 Å². The van der Waals surface area contributed by atoms with E-state index in [1.54, 1.807) is 0 Å². The summed E-state index contributed by atoms with van der Waals surface area (Å²) in [5, 5.41) is 21.5. The van der Waals surface area contributed by atoms with Crippen molar-refractivity contribution < 1.29 is 33.7 Å². The number of nitrogens with zero attached hydrogens (tertiary/aromatic N) is 5. The molecule has 0 aliphatic carbocycles. The molecule has 5 atom stereocenters. The normalized spacial score (nSPS) is 27.7. The molecule has 0 amide bonds. The standard InChI is InChI=1S/C20H25N6O7P/c21-17-14-19(23-11-22-17)26(18(24-14)12-4-2-1-3-5-12)20-16(28)15(27)13(33-20)10-32-34(29,30)25-6-8-31-9-7-25/h1-5,11,13,15-16,20,27-28H,6-10H2,(H,29,30)(H2,21,22,23)/t13-,15-,16-,20-/m1/s1. The summed E-state index contributed by atoms with van der Waals surface area (Å²) < 4.78 is 31.9. The summed E-state index contributed by atoms with van der Waals surface area (Å²) in [6.07, 6.45) is -3.71. The van der Waals surface area contributed by atoms with Crippen molar-refractivity contribution >= 4 is 24.7 Å². The van der Waals surface area contributed by atoms with E-state index in [1.165, 1.54) is 15.6 Å². The van der Waals surface area contributed by atoms with Gasteiger partial charge in [-0.25, -0.2) is 24.2 Å². The zero-order chi connectivity index (χ0) is 23.9. The first-order valence-corrected chi connectivity index (χ1v) is 12.3. The van der Waals surface area contributed by atoms with Crippen LogP contribution in [0.4, 0.5) is 5.82 Å². The van der Waals surface area contributed by atoms with Crippen molar-refractivity contribution in [1.29, 1.82) is 0 Å². The van der Waals surface area contributed by atoms with Crippen molar-refractivity contribution in [3.8, 4) is 11.4 Å². The van der Waals surface area contributed by atoms with Crippen LogP contribution in [0.3, 0.4) is 0 Å². The van der Waals surface area contributed by atoms with Gasteiger partial charge in [0.1, 0.15) is 30.5 Å². The fourth-order valence-electron chi connectivity index (χ4n) is 4.10. The maximum absolute atomic E-state index is 12.6. The van der Waals surface area contributed by atoms with Crippen molar-refractivity contribution in [2.24, 2.45) is 0 Å². The van der Waals surface area contributed by atoms with Gasteiger partial charge < -0.3 is 30.3 Å². The van der Waals surface area contributed by atoms with E-state index in [9.17, 15) is 19.7 Å². The van der Waals surface area contributed by atoms with Crippen LogP contribution in [0.5, 0.6) is 0 Å². The number of nitrogens with two attached hydrogens (primary N) is 1. The van der Waals surface area contributed by atoms with E-state index in [4.69, 9.17) is 19.7 Å². The van der Waals surface area contributed by atoms with Crippen LogP contribution in [0.2, 0.25) is 0 Å². The Labute approximate surface area is 194 Å². The molecule has 182 valence electrons. The summed E-state index contributed by atoms with van der Waals surface area (Å²) in [6, 6.07) is 9.16. The molecular weight excluding hydrogens is 467 g/mol. The number of hydrogen-bond acceptors (Lipinski definition) is 10. The van der Waals surface area contributed by atoms with Crippen LogP contribution in [-0.4, -0.2) is 90.5 Å². The number of aliphatic hydroxyl groups is 2. The van der Waals surface area contributed by atoms with Crippen LogP contribution in [0.1, 0.15) is 6.23 Å². The molecule has 2 saturated heterocycles. The lowest BCUT2D eigenvalue weighted by Crippen LogP contribution is -2.36. The molecule has 2 aliphatic heterocycles. The molecule has 0 saturated carbocycles. The third kappa shape index (κ3) is 4.21. The van der Waals surface area contributed by atoms with Crippen LogP contribution in [0.15, 0.2) is 36.7 Å². The Morgan fingerprint density at radius 2 is 1.88 bits per heavy atom. The molecule has 2 aliphatic rings. The first-order valence-electron chi connectivity index (χ1n) is 10.7. The average Bonchev–Trinajstić information content (AvgIpc) is 3.37. The first kappa shape index (κ1) is 23.3. The summed E-state index contributed by atoms with van der Waals surface area (Å²) >= 11 is 0. The number of benzene rings is 1. The summed E-state index contributed by atoms with van der Waals surface area (Å²) in [6.45, 7) is 0.714. The Bertz CT molecular complexity index is 1200. The molecule has 13 nitrogen and oxygen atoms in total. The molecule has 0 bridgehead atoms. The molecule has 3 aromatic rings. The summed E-state index contributed by atoms with van der Waals surface area (Å²) in [5.41, 5.74) is 7.33. The minimum absolute atomic E-state index is 0.153. The average molecular weight is 492 g/mol. The monoisotopic (exact) mass is 492 g/mol. The number of hydrogen-bond donors (Lipinski definition) is 4. The number of rotatable bonds is 6. The molecule has 4 heterocycles. The summed E-state index contributed by atoms with van der Waals surface area (Å²) in [7, 11) is -4.13. The van der Waals surface area contributed by atoms with Gasteiger partial charge in [-0.15, -0.1) is 0 Å². The Kier molecular flexibility index (Phi) is 6.35. The molecule has 1 aromatic carbocycles. The van der Waals surface area contributed by atoms with E-state index < -0.39 is 38.9 Å². The Morgan fingerprint density at radius 3 is 2.62 bits per heavy atom. The van der Waals surface area contributed by atoms with Crippen molar-refractivity contribution in [1.82, 2.24) is 24.2 Å². The van der Waals surface area contributed by atoms with Gasteiger partial charge in [0.25, 0.3) is 0 Å². The number of anilines is 1. The van der Waals surface area contributed by atoms with E-state index in [1.807, 2.05) is 30.3 Å². The zero-order valence-corrected chi connectivity index (χ0v) is 18.9. The van der Waals surface area contributed by atoms with E-state index in [2.05, 4.69) is 15.0 Å². The number of aliphatic hydroxyl groups excluding tert-OH is 2. The molecule has 2 aromatic heterocycles. The SMILES string of the molecule is Nc1ncnc2c1nc(-c1ccccc1)n2[C@@H]1O[C@H](COP(=O)(O)N2CCOCC2)[C@@H](O)[C@H]1O. The van der Waals surface area contributed by atoms with Gasteiger partial charge in [-0.2, -0.15) is 0 Å². The predicted octanol–water partition coefficient (Wildman–Crippen LogP) is 0.144. The highest BCUT2D eigenvalue weighted by molar-refractivity contribution is 7.50. The molecule has 0 radical (unpaired) electrons. The highest BCUT2D eigenvalue weighted by Gasteiger charge is 2.46. The van der Waals surface area contributed by atoms with Gasteiger partial charge in [-0.1, -0.05) is 30.3 Å².